The molecule has 0 saturated carbocycles. The smallest absolute Gasteiger partial charge is 0.318 e. The molecule has 21 heavy (non-hydrogen) atoms. The highest BCUT2D eigenvalue weighted by Crippen LogP contribution is 2.40. The zero-order chi connectivity index (χ0) is 15.0. The second-order valence-electron chi connectivity index (χ2n) is 5.25. The molecule has 0 N–H and O–H groups in total. The number of esters is 1. The van der Waals surface area contributed by atoms with E-state index in [1.807, 2.05) is 13.8 Å². The highest BCUT2D eigenvalue weighted by molar-refractivity contribution is 8.00. The molecule has 0 aromatic carbocycles. The van der Waals surface area contributed by atoms with Gasteiger partial charge in [-0.05, 0) is 45.1 Å². The molecule has 0 amide bonds. The zero-order valence-electron chi connectivity index (χ0n) is 12.4. The molecule has 2 aromatic heterocycles. The van der Waals surface area contributed by atoms with Crippen LogP contribution < -0.4 is 0 Å². The highest BCUT2D eigenvalue weighted by Gasteiger charge is 2.23. The van der Waals surface area contributed by atoms with Gasteiger partial charge in [0.15, 0.2) is 0 Å². The average Bonchev–Trinajstić information content (AvgIpc) is 2.84. The molecule has 6 heteroatoms. The van der Waals surface area contributed by atoms with Crippen LogP contribution in [0.4, 0.5) is 0 Å². The number of hydrogen-bond donors (Lipinski definition) is 0. The summed E-state index contributed by atoms with van der Waals surface area (Å²) in [6, 6.07) is 0. The van der Waals surface area contributed by atoms with Crippen molar-refractivity contribution >= 4 is 39.3 Å². The fourth-order valence-electron chi connectivity index (χ4n) is 2.69. The average molecular weight is 322 g/mol. The summed E-state index contributed by atoms with van der Waals surface area (Å²) >= 11 is 3.27. The van der Waals surface area contributed by atoms with E-state index in [0.29, 0.717) is 0 Å². The van der Waals surface area contributed by atoms with Crippen LogP contribution in [0.25, 0.3) is 10.2 Å². The lowest BCUT2D eigenvalue weighted by atomic mass is 9.97. The van der Waals surface area contributed by atoms with Gasteiger partial charge in [0.1, 0.15) is 20.9 Å². The van der Waals surface area contributed by atoms with Crippen molar-refractivity contribution in [2.45, 2.75) is 49.8 Å². The molecule has 4 nitrogen and oxygen atoms in total. The fourth-order valence-corrected chi connectivity index (χ4v) is 5.11. The Kier molecular flexibility index (Phi) is 4.17. The van der Waals surface area contributed by atoms with E-state index < -0.39 is 0 Å². The highest BCUT2D eigenvalue weighted by atomic mass is 32.2. The first kappa shape index (κ1) is 14.8. The summed E-state index contributed by atoms with van der Waals surface area (Å²) in [6.45, 7) is 3.77. The standard InChI is InChI=1S/C15H18N2O2S2/c1-8(15(18)19-3)20-13-12-10-6-4-5-7-11(10)21-14(12)17-9(2)16-13/h8H,4-7H2,1-3H3/t8-/m1/s1. The number of carbonyl (C=O) groups is 1. The van der Waals surface area contributed by atoms with Crippen molar-refractivity contribution in [3.8, 4) is 0 Å². The van der Waals surface area contributed by atoms with E-state index in [9.17, 15) is 4.79 Å². The van der Waals surface area contributed by atoms with Crippen LogP contribution in [0.5, 0.6) is 0 Å². The van der Waals surface area contributed by atoms with Crippen LogP contribution >= 0.6 is 23.1 Å². The van der Waals surface area contributed by atoms with Gasteiger partial charge in [0.05, 0.1) is 7.11 Å². The van der Waals surface area contributed by atoms with E-state index in [2.05, 4.69) is 9.97 Å². The van der Waals surface area contributed by atoms with E-state index in [1.54, 1.807) is 11.3 Å². The number of methoxy groups -OCH3 is 1. The van der Waals surface area contributed by atoms with Crippen molar-refractivity contribution in [3.05, 3.63) is 16.3 Å². The summed E-state index contributed by atoms with van der Waals surface area (Å²) in [5.41, 5.74) is 1.40. The number of thioether (sulfide) groups is 1. The normalized spacial score (nSPS) is 15.8. The van der Waals surface area contributed by atoms with Crippen LogP contribution in [0, 0.1) is 6.92 Å². The Balaban J connectivity index is 2.08. The first-order valence-corrected chi connectivity index (χ1v) is 8.83. The number of hydrogen-bond acceptors (Lipinski definition) is 6. The van der Waals surface area contributed by atoms with Gasteiger partial charge in [-0.2, -0.15) is 0 Å². The van der Waals surface area contributed by atoms with Crippen molar-refractivity contribution < 1.29 is 9.53 Å². The van der Waals surface area contributed by atoms with E-state index in [1.165, 1.54) is 47.5 Å². The molecule has 1 aliphatic carbocycles. The fraction of sp³-hybridized carbons (Fsp3) is 0.533. The molecule has 3 rings (SSSR count). The van der Waals surface area contributed by atoms with Crippen LogP contribution in [-0.4, -0.2) is 28.3 Å². The molecular formula is C15H18N2O2S2. The van der Waals surface area contributed by atoms with Gasteiger partial charge in [0.25, 0.3) is 0 Å². The summed E-state index contributed by atoms with van der Waals surface area (Å²) in [5, 5.41) is 1.84. The Morgan fingerprint density at radius 2 is 2.10 bits per heavy atom. The third-order valence-electron chi connectivity index (χ3n) is 3.71. The molecule has 112 valence electrons. The molecule has 0 aliphatic heterocycles. The van der Waals surface area contributed by atoms with Crippen molar-refractivity contribution in [2.75, 3.05) is 7.11 Å². The lowest BCUT2D eigenvalue weighted by molar-refractivity contribution is -0.139. The lowest BCUT2D eigenvalue weighted by Crippen LogP contribution is -2.15. The summed E-state index contributed by atoms with van der Waals surface area (Å²) < 4.78 is 4.82. The number of fused-ring (bicyclic) bond motifs is 3. The van der Waals surface area contributed by atoms with Gasteiger partial charge >= 0.3 is 5.97 Å². The molecule has 1 atom stereocenters. The van der Waals surface area contributed by atoms with Gasteiger partial charge in [0.2, 0.25) is 0 Å². The molecule has 2 heterocycles. The Hall–Kier alpha value is -1.14. The summed E-state index contributed by atoms with van der Waals surface area (Å²) in [7, 11) is 1.42. The van der Waals surface area contributed by atoms with Crippen LogP contribution in [-0.2, 0) is 22.4 Å². The van der Waals surface area contributed by atoms with Crippen molar-refractivity contribution in [3.63, 3.8) is 0 Å². The first-order valence-electron chi connectivity index (χ1n) is 7.13. The molecule has 0 radical (unpaired) electrons. The molecule has 0 fully saturated rings. The van der Waals surface area contributed by atoms with Crippen LogP contribution in [0.3, 0.4) is 0 Å². The van der Waals surface area contributed by atoms with Crippen molar-refractivity contribution in [1.82, 2.24) is 9.97 Å². The third kappa shape index (κ3) is 2.79. The van der Waals surface area contributed by atoms with Crippen molar-refractivity contribution in [2.24, 2.45) is 0 Å². The number of thiophene rings is 1. The Morgan fingerprint density at radius 1 is 1.33 bits per heavy atom. The molecular weight excluding hydrogens is 304 g/mol. The van der Waals surface area contributed by atoms with Gasteiger partial charge in [0, 0.05) is 10.3 Å². The van der Waals surface area contributed by atoms with Crippen LogP contribution in [0.2, 0.25) is 0 Å². The SMILES string of the molecule is COC(=O)[C@@H](C)Sc1nc(C)nc2sc3c(c12)CCCC3. The Labute approximate surface area is 132 Å². The number of nitrogens with zero attached hydrogens (tertiary/aromatic N) is 2. The van der Waals surface area contributed by atoms with Crippen LogP contribution in [0.15, 0.2) is 5.03 Å². The number of aromatic nitrogens is 2. The molecule has 1 aliphatic rings. The largest absolute Gasteiger partial charge is 0.468 e. The lowest BCUT2D eigenvalue weighted by Gasteiger charge is -2.13. The molecule has 0 bridgehead atoms. The minimum Gasteiger partial charge on any atom is -0.468 e. The van der Waals surface area contributed by atoms with E-state index in [0.717, 1.165) is 28.5 Å². The monoisotopic (exact) mass is 322 g/mol. The van der Waals surface area contributed by atoms with Gasteiger partial charge in [-0.3, -0.25) is 4.79 Å². The van der Waals surface area contributed by atoms with Crippen LogP contribution in [0.1, 0.15) is 36.0 Å². The van der Waals surface area contributed by atoms with Gasteiger partial charge < -0.3 is 4.74 Å². The van der Waals surface area contributed by atoms with Gasteiger partial charge in [-0.15, -0.1) is 11.3 Å². The predicted molar refractivity (Wildman–Crippen MR) is 86.1 cm³/mol. The zero-order valence-corrected chi connectivity index (χ0v) is 14.1. The second kappa shape index (κ2) is 5.93. The predicted octanol–water partition coefficient (Wildman–Crippen LogP) is 3.53. The minimum atomic E-state index is -0.258. The third-order valence-corrected chi connectivity index (χ3v) is 5.97. The second-order valence-corrected chi connectivity index (χ2v) is 7.66. The van der Waals surface area contributed by atoms with E-state index >= 15 is 0 Å². The number of carbonyl (C=O) groups excluding carboxylic acids is 1. The summed E-state index contributed by atoms with van der Waals surface area (Å²) in [4.78, 5) is 23.4. The molecule has 0 spiro atoms. The maximum absolute atomic E-state index is 11.7. The topological polar surface area (TPSA) is 52.1 Å². The minimum absolute atomic E-state index is 0.214. The number of aryl methyl sites for hydroxylation is 3. The first-order chi connectivity index (χ1) is 10.1. The molecule has 0 saturated heterocycles. The van der Waals surface area contributed by atoms with Gasteiger partial charge in [-0.1, -0.05) is 11.8 Å². The van der Waals surface area contributed by atoms with E-state index in [-0.39, 0.29) is 11.2 Å². The number of rotatable bonds is 3. The number of ether oxygens (including phenoxy) is 1. The van der Waals surface area contributed by atoms with E-state index in [4.69, 9.17) is 4.74 Å². The Bertz CT molecular complexity index is 697. The maximum Gasteiger partial charge on any atom is 0.318 e. The summed E-state index contributed by atoms with van der Waals surface area (Å²) in [6.07, 6.45) is 4.73. The molecule has 2 aromatic rings. The van der Waals surface area contributed by atoms with Crippen molar-refractivity contribution in [1.29, 1.82) is 0 Å². The summed E-state index contributed by atoms with van der Waals surface area (Å²) in [5.74, 6) is 0.550. The van der Waals surface area contributed by atoms with Gasteiger partial charge in [-0.25, -0.2) is 9.97 Å². The Morgan fingerprint density at radius 3 is 2.86 bits per heavy atom. The maximum atomic E-state index is 11.7. The quantitative estimate of drug-likeness (QED) is 0.491. The molecule has 0 unspecified atom stereocenters.